The van der Waals surface area contributed by atoms with Crippen LogP contribution in [0.15, 0.2) is 70.6 Å². The Morgan fingerprint density at radius 3 is 2.50 bits per heavy atom. The molecule has 34 heavy (non-hydrogen) atoms. The fourth-order valence-corrected chi connectivity index (χ4v) is 7.56. The normalized spacial score (nSPS) is 22.9. The van der Waals surface area contributed by atoms with E-state index in [9.17, 15) is 8.42 Å². The van der Waals surface area contributed by atoms with E-state index in [-0.39, 0.29) is 5.41 Å². The maximum atomic E-state index is 13.9. The van der Waals surface area contributed by atoms with Crippen molar-refractivity contribution in [2.75, 3.05) is 20.8 Å². The van der Waals surface area contributed by atoms with Crippen molar-refractivity contribution in [2.45, 2.75) is 36.1 Å². The van der Waals surface area contributed by atoms with Gasteiger partial charge in [-0.1, -0.05) is 35.9 Å². The first-order valence-electron chi connectivity index (χ1n) is 11.4. The second-order valence-electron chi connectivity index (χ2n) is 9.22. The van der Waals surface area contributed by atoms with Gasteiger partial charge in [0.25, 0.3) is 0 Å². The molecule has 0 amide bonds. The third kappa shape index (κ3) is 2.77. The number of rotatable bonds is 4. The van der Waals surface area contributed by atoms with Crippen LogP contribution in [0.25, 0.3) is 0 Å². The van der Waals surface area contributed by atoms with Crippen molar-refractivity contribution in [3.05, 3.63) is 82.9 Å². The number of fused-ring (bicyclic) bond motifs is 5. The predicted octanol–water partition coefficient (Wildman–Crippen LogP) is 4.92. The molecule has 3 aliphatic rings. The second-order valence-corrected chi connectivity index (χ2v) is 11.1. The molecule has 2 aliphatic heterocycles. The van der Waals surface area contributed by atoms with Gasteiger partial charge in [-0.2, -0.15) is 4.31 Å². The van der Waals surface area contributed by atoms with E-state index < -0.39 is 16.1 Å². The Morgan fingerprint density at radius 2 is 1.76 bits per heavy atom. The molecule has 1 saturated heterocycles. The molecule has 174 valence electrons. The molecule has 2 bridgehead atoms. The molecule has 1 aliphatic carbocycles. The highest BCUT2D eigenvalue weighted by Gasteiger charge is 2.56. The third-order valence-electron chi connectivity index (χ3n) is 7.55. The van der Waals surface area contributed by atoms with Crippen LogP contribution in [-0.2, 0) is 15.4 Å². The highest BCUT2D eigenvalue weighted by Crippen LogP contribution is 2.59. The Hall–Kier alpha value is -3.16. The molecule has 1 fully saturated rings. The van der Waals surface area contributed by atoms with Gasteiger partial charge in [0.1, 0.15) is 0 Å². The zero-order chi connectivity index (χ0) is 23.7. The van der Waals surface area contributed by atoms with Crippen LogP contribution in [0.5, 0.6) is 11.5 Å². The van der Waals surface area contributed by atoms with Crippen LogP contribution in [0, 0.1) is 6.92 Å². The molecule has 0 N–H and O–H groups in total. The Morgan fingerprint density at radius 1 is 1.00 bits per heavy atom. The Bertz CT molecular complexity index is 1450. The molecule has 2 heterocycles. The van der Waals surface area contributed by atoms with Crippen molar-refractivity contribution in [2.24, 2.45) is 4.99 Å². The van der Waals surface area contributed by atoms with Crippen LogP contribution < -0.4 is 9.47 Å². The van der Waals surface area contributed by atoms with Gasteiger partial charge in [0.05, 0.1) is 36.6 Å². The van der Waals surface area contributed by atoms with E-state index in [2.05, 4.69) is 6.07 Å². The number of hydrogen-bond donors (Lipinski definition) is 0. The molecule has 0 saturated carbocycles. The predicted molar refractivity (Wildman–Crippen MR) is 131 cm³/mol. The van der Waals surface area contributed by atoms with E-state index in [1.807, 2.05) is 49.4 Å². The lowest BCUT2D eigenvalue weighted by molar-refractivity contribution is 0.197. The molecule has 1 spiro atoms. The maximum Gasteiger partial charge on any atom is 0.243 e. The fraction of sp³-hybridized carbons (Fsp3) is 0.296. The summed E-state index contributed by atoms with van der Waals surface area (Å²) >= 11 is 0. The summed E-state index contributed by atoms with van der Waals surface area (Å²) in [6, 6.07) is 18.8. The fourth-order valence-electron chi connectivity index (χ4n) is 5.97. The summed E-state index contributed by atoms with van der Waals surface area (Å²) in [6.45, 7) is 2.35. The number of sulfonamides is 1. The number of piperidine rings is 1. The van der Waals surface area contributed by atoms with E-state index in [1.54, 1.807) is 30.7 Å². The minimum Gasteiger partial charge on any atom is -0.493 e. The van der Waals surface area contributed by atoms with Crippen molar-refractivity contribution >= 4 is 21.4 Å². The highest BCUT2D eigenvalue weighted by atomic mass is 32.2. The number of benzene rings is 3. The van der Waals surface area contributed by atoms with Crippen molar-refractivity contribution < 1.29 is 17.9 Å². The molecular formula is C27H26N2O4S. The average molecular weight is 475 g/mol. The van der Waals surface area contributed by atoms with Gasteiger partial charge in [0, 0.05) is 23.1 Å². The lowest BCUT2D eigenvalue weighted by Crippen LogP contribution is -2.53. The van der Waals surface area contributed by atoms with Gasteiger partial charge >= 0.3 is 0 Å². The first-order chi connectivity index (χ1) is 16.4. The summed E-state index contributed by atoms with van der Waals surface area (Å²) in [4.78, 5) is 5.37. The molecule has 3 aromatic rings. The maximum absolute atomic E-state index is 13.9. The first-order valence-corrected chi connectivity index (χ1v) is 12.9. The van der Waals surface area contributed by atoms with Crippen molar-refractivity contribution in [3.8, 4) is 11.5 Å². The van der Waals surface area contributed by atoms with Gasteiger partial charge in [-0.3, -0.25) is 4.99 Å². The Labute approximate surface area is 199 Å². The number of nitrogens with zero attached hydrogens (tertiary/aromatic N) is 2. The quantitative estimate of drug-likeness (QED) is 0.538. The first kappa shape index (κ1) is 21.4. The van der Waals surface area contributed by atoms with Crippen LogP contribution in [-0.4, -0.2) is 39.2 Å². The van der Waals surface area contributed by atoms with Crippen LogP contribution >= 0.6 is 0 Å². The molecule has 7 heteroatoms. The van der Waals surface area contributed by atoms with Crippen LogP contribution in [0.1, 0.15) is 41.1 Å². The number of methoxy groups -OCH3 is 2. The number of ether oxygens (including phenoxy) is 2. The molecular weight excluding hydrogens is 448 g/mol. The monoisotopic (exact) mass is 474 g/mol. The van der Waals surface area contributed by atoms with Crippen molar-refractivity contribution in [1.82, 2.24) is 4.31 Å². The Balaban J connectivity index is 1.59. The summed E-state index contributed by atoms with van der Waals surface area (Å²) in [5, 5.41) is 0. The molecule has 0 radical (unpaired) electrons. The van der Waals surface area contributed by atoms with E-state index in [0.29, 0.717) is 35.8 Å². The minimum atomic E-state index is -3.73. The number of aliphatic imine (C=N–C) groups is 1. The number of para-hydroxylation sites is 1. The molecule has 6 nitrogen and oxygen atoms in total. The largest absolute Gasteiger partial charge is 0.493 e. The highest BCUT2D eigenvalue weighted by molar-refractivity contribution is 7.89. The average Bonchev–Trinajstić information content (AvgIpc) is 3.17. The van der Waals surface area contributed by atoms with E-state index in [0.717, 1.165) is 28.1 Å². The lowest BCUT2D eigenvalue weighted by atomic mass is 9.62. The van der Waals surface area contributed by atoms with Crippen LogP contribution in [0.2, 0.25) is 0 Å². The topological polar surface area (TPSA) is 68.2 Å². The summed E-state index contributed by atoms with van der Waals surface area (Å²) in [5.41, 5.74) is 5.64. The molecule has 0 unspecified atom stereocenters. The standard InChI is InChI=1S/C27H26N2O4S/c1-17-8-10-18(11-9-17)34(30,31)29-15-14-27-16-22(29)24-19(12-13-23(32-2)25(24)33-3)26(27)28-21-7-5-4-6-20(21)27/h4-13,22H,14-16H2,1-3H3/t22-,27-/m1/s1. The second kappa shape index (κ2) is 7.42. The minimum absolute atomic E-state index is 0.309. The van der Waals surface area contributed by atoms with Crippen LogP contribution in [0.4, 0.5) is 5.69 Å². The van der Waals surface area contributed by atoms with Gasteiger partial charge in [0.2, 0.25) is 10.0 Å². The van der Waals surface area contributed by atoms with Gasteiger partial charge in [0.15, 0.2) is 11.5 Å². The molecule has 3 aromatic carbocycles. The van der Waals surface area contributed by atoms with Crippen molar-refractivity contribution in [3.63, 3.8) is 0 Å². The zero-order valence-corrected chi connectivity index (χ0v) is 20.2. The van der Waals surface area contributed by atoms with Gasteiger partial charge in [-0.25, -0.2) is 8.42 Å². The van der Waals surface area contributed by atoms with Gasteiger partial charge < -0.3 is 9.47 Å². The van der Waals surface area contributed by atoms with Gasteiger partial charge in [-0.05, 0) is 55.7 Å². The smallest absolute Gasteiger partial charge is 0.243 e. The van der Waals surface area contributed by atoms with E-state index in [1.165, 1.54) is 5.56 Å². The summed E-state index contributed by atoms with van der Waals surface area (Å²) in [6.07, 6.45) is 1.29. The van der Waals surface area contributed by atoms with Crippen LogP contribution in [0.3, 0.4) is 0 Å². The summed E-state index contributed by atoms with van der Waals surface area (Å²) in [7, 11) is -0.526. The van der Waals surface area contributed by atoms with Gasteiger partial charge in [-0.15, -0.1) is 0 Å². The zero-order valence-electron chi connectivity index (χ0n) is 19.4. The van der Waals surface area contributed by atoms with E-state index in [4.69, 9.17) is 14.5 Å². The lowest BCUT2D eigenvalue weighted by Gasteiger charge is -2.49. The molecule has 0 aromatic heterocycles. The molecule has 6 rings (SSSR count). The SMILES string of the molecule is COc1ccc2c(c1OC)[C@H]1C[C@@]3(CCN1S(=O)(=O)c1ccc(C)cc1)C2=Nc1ccccc13. The summed E-state index contributed by atoms with van der Waals surface area (Å²) in [5.74, 6) is 1.16. The van der Waals surface area contributed by atoms with E-state index >= 15 is 0 Å². The molecule has 2 atom stereocenters. The van der Waals surface area contributed by atoms with Crippen molar-refractivity contribution in [1.29, 1.82) is 0 Å². The summed E-state index contributed by atoms with van der Waals surface area (Å²) < 4.78 is 40.9. The number of aryl methyl sites for hydroxylation is 1. The Kier molecular flexibility index (Phi) is 4.66. The third-order valence-corrected chi connectivity index (χ3v) is 9.48. The number of hydrogen-bond acceptors (Lipinski definition) is 5.